The highest BCUT2D eigenvalue weighted by atomic mass is 16.5. The minimum Gasteiger partial charge on any atom is -0.475 e. The molecule has 3 aliphatic rings. The number of aliphatic imine (C=N–C) groups is 1. The second-order valence-electron chi connectivity index (χ2n) is 13.5. The van der Waals surface area contributed by atoms with E-state index in [2.05, 4.69) is 24.8 Å². The average molecular weight is 681 g/mol. The molecule has 0 saturated carbocycles. The van der Waals surface area contributed by atoms with Gasteiger partial charge in [0.1, 0.15) is 0 Å². The van der Waals surface area contributed by atoms with Crippen LogP contribution in [0.4, 0.5) is 17.1 Å². The molecule has 6 rings (SSSR count). The van der Waals surface area contributed by atoms with Gasteiger partial charge >= 0.3 is 0 Å². The number of aromatic nitrogens is 1. The molecule has 0 bridgehead atoms. The van der Waals surface area contributed by atoms with Gasteiger partial charge in [0.15, 0.2) is 0 Å². The number of likely N-dealkylation sites (tertiary alicyclic amines) is 1. The van der Waals surface area contributed by atoms with Crippen molar-refractivity contribution < 1.29 is 24.7 Å². The van der Waals surface area contributed by atoms with Crippen molar-refractivity contribution in [3.05, 3.63) is 77.5 Å². The number of hydrogen-bond acceptors (Lipinski definition) is 7. The molecule has 0 unspecified atom stereocenters. The van der Waals surface area contributed by atoms with Crippen LogP contribution in [0, 0.1) is 5.41 Å². The van der Waals surface area contributed by atoms with Gasteiger partial charge in [0.25, 0.3) is 6.34 Å². The minimum atomic E-state index is -0.503. The lowest BCUT2D eigenvalue weighted by molar-refractivity contribution is -0.414. The number of anilines is 3. The number of nitrogens with zero attached hydrogens (tertiary/aromatic N) is 6. The van der Waals surface area contributed by atoms with Crippen molar-refractivity contribution in [3.63, 3.8) is 0 Å². The van der Waals surface area contributed by atoms with Crippen molar-refractivity contribution >= 4 is 46.8 Å². The van der Waals surface area contributed by atoms with Crippen LogP contribution in [0.3, 0.4) is 0 Å². The van der Waals surface area contributed by atoms with Crippen molar-refractivity contribution in [2.45, 2.75) is 32.8 Å². The molecule has 7 N–H and O–H groups in total. The van der Waals surface area contributed by atoms with Gasteiger partial charge in [0, 0.05) is 74.2 Å². The first-order valence-corrected chi connectivity index (χ1v) is 17.2. The Bertz CT molecular complexity index is 1780. The summed E-state index contributed by atoms with van der Waals surface area (Å²) in [5.41, 5.74) is 17.0. The molecule has 13 heteroatoms. The third-order valence-corrected chi connectivity index (χ3v) is 9.84. The normalized spacial score (nSPS) is 20.1. The Labute approximate surface area is 293 Å². The highest BCUT2D eigenvalue weighted by molar-refractivity contribution is 6.13. The zero-order valence-electron chi connectivity index (χ0n) is 29.1. The lowest BCUT2D eigenvalue weighted by atomic mass is 9.85. The van der Waals surface area contributed by atoms with E-state index < -0.39 is 5.41 Å². The fraction of sp³-hybridized carbons (Fsp3) is 0.405. The van der Waals surface area contributed by atoms with Crippen LogP contribution in [0.1, 0.15) is 43.4 Å². The van der Waals surface area contributed by atoms with Crippen LogP contribution in [0.25, 0.3) is 0 Å². The summed E-state index contributed by atoms with van der Waals surface area (Å²) in [4.78, 5) is 47.0. The van der Waals surface area contributed by atoms with E-state index in [1.807, 2.05) is 66.1 Å². The summed E-state index contributed by atoms with van der Waals surface area (Å²) in [7, 11) is 1.77. The molecule has 2 aromatic carbocycles. The van der Waals surface area contributed by atoms with Gasteiger partial charge in [-0.05, 0) is 86.8 Å². The Hall–Kier alpha value is -5.30. The van der Waals surface area contributed by atoms with Gasteiger partial charge in [-0.1, -0.05) is 0 Å². The first kappa shape index (κ1) is 34.6. The van der Waals surface area contributed by atoms with E-state index in [1.54, 1.807) is 31.7 Å². The average Bonchev–Trinajstić information content (AvgIpc) is 3.68. The number of ether oxygens (including phenoxy) is 1. The smallest absolute Gasteiger partial charge is 0.281 e. The fourth-order valence-electron chi connectivity index (χ4n) is 7.05. The minimum absolute atomic E-state index is 0.0162. The molecule has 3 fully saturated rings. The van der Waals surface area contributed by atoms with Crippen LogP contribution in [0.2, 0.25) is 0 Å². The summed E-state index contributed by atoms with van der Waals surface area (Å²) in [6, 6.07) is 17.2. The molecular formula is C37H48N10O3+2. The maximum Gasteiger partial charge on any atom is 0.281 e. The van der Waals surface area contributed by atoms with Gasteiger partial charge in [-0.15, -0.1) is 0 Å². The van der Waals surface area contributed by atoms with Crippen molar-refractivity contribution in [2.75, 3.05) is 74.9 Å². The molecular weight excluding hydrogens is 632 g/mol. The number of rotatable bonds is 10. The first-order valence-electron chi connectivity index (χ1n) is 17.2. The number of nitrogens with one attached hydrogen (secondary N) is 1. The van der Waals surface area contributed by atoms with Crippen LogP contribution >= 0.6 is 0 Å². The Morgan fingerprint density at radius 2 is 1.72 bits per heavy atom. The number of piperazine rings is 1. The van der Waals surface area contributed by atoms with E-state index in [1.165, 1.54) is 0 Å². The Kier molecular flexibility index (Phi) is 10.1. The van der Waals surface area contributed by atoms with Crippen LogP contribution in [0.15, 0.2) is 65.8 Å². The fourth-order valence-corrected chi connectivity index (χ4v) is 7.05. The zero-order valence-corrected chi connectivity index (χ0v) is 29.1. The quantitative estimate of drug-likeness (QED) is 0.123. The topological polar surface area (TPSA) is 173 Å². The van der Waals surface area contributed by atoms with E-state index in [0.717, 1.165) is 48.4 Å². The molecule has 1 aromatic heterocycles. The maximum absolute atomic E-state index is 14.0. The van der Waals surface area contributed by atoms with Gasteiger partial charge in [-0.25, -0.2) is 4.98 Å². The molecule has 262 valence electrons. The predicted octanol–water partition coefficient (Wildman–Crippen LogP) is -0.731. The number of nitrogen functional groups attached to an aromatic ring is 1. The van der Waals surface area contributed by atoms with Crippen LogP contribution in [0.5, 0.6) is 5.88 Å². The van der Waals surface area contributed by atoms with E-state index in [-0.39, 0.29) is 17.9 Å². The standard InChI is InChI=1S/C37H46N10O3/c1-25(2)50-32-11-6-27(21-42-32)34(39)30-20-29(9-10-31(30)38)47-15-13-37(36(47)49)12-14-44(23-37)22-33(48)46-18-16-45(17-19-46)28-7-4-26(5-8-28)35(40)43-24-41-3/h4-11,20-21,24-25,39H,12-19,22-23,38H2,1-3H3,(H2,40,41,43)/p+2/t37-/m0/s1. The van der Waals surface area contributed by atoms with Gasteiger partial charge in [-0.3, -0.25) is 24.9 Å². The molecule has 0 radical (unpaired) electrons. The van der Waals surface area contributed by atoms with Crippen molar-refractivity contribution in [2.24, 2.45) is 16.1 Å². The Morgan fingerprint density at radius 3 is 2.40 bits per heavy atom. The number of carbonyl (C=O) groups is 2. The van der Waals surface area contributed by atoms with Crippen LogP contribution in [-0.2, 0) is 9.59 Å². The highest BCUT2D eigenvalue weighted by Gasteiger charge is 2.51. The van der Waals surface area contributed by atoms with E-state index in [4.69, 9.17) is 21.6 Å². The molecule has 3 saturated heterocycles. The third-order valence-electron chi connectivity index (χ3n) is 9.84. The molecule has 1 atom stereocenters. The number of carbonyl (C=O) groups excluding carboxylic acids is 2. The van der Waals surface area contributed by atoms with Gasteiger partial charge in [0.2, 0.25) is 29.2 Å². The van der Waals surface area contributed by atoms with E-state index >= 15 is 0 Å². The van der Waals surface area contributed by atoms with Gasteiger partial charge in [0.05, 0.1) is 36.2 Å². The molecule has 4 heterocycles. The van der Waals surface area contributed by atoms with E-state index in [9.17, 15) is 9.59 Å². The number of nitrogens with two attached hydrogens (primary N) is 3. The summed E-state index contributed by atoms with van der Waals surface area (Å²) >= 11 is 0. The second-order valence-corrected chi connectivity index (χ2v) is 13.5. The van der Waals surface area contributed by atoms with Gasteiger partial charge < -0.3 is 30.9 Å². The molecule has 0 aliphatic carbocycles. The Balaban J connectivity index is 1.03. The highest BCUT2D eigenvalue weighted by Crippen LogP contribution is 2.42. The molecule has 13 nitrogen and oxygen atoms in total. The number of amides is 2. The third kappa shape index (κ3) is 7.32. The molecule has 3 aromatic rings. The summed E-state index contributed by atoms with van der Waals surface area (Å²) in [5, 5.41) is 6.57. The number of pyridine rings is 1. The lowest BCUT2D eigenvalue weighted by Gasteiger charge is -2.37. The summed E-state index contributed by atoms with van der Waals surface area (Å²) in [6.45, 7) is 8.90. The molecule has 3 aliphatic heterocycles. The number of benzene rings is 2. The second kappa shape index (κ2) is 14.7. The number of amidine groups is 1. The summed E-state index contributed by atoms with van der Waals surface area (Å²) in [5.74, 6) is 1.17. The zero-order chi connectivity index (χ0) is 35.4. The summed E-state index contributed by atoms with van der Waals surface area (Å²) in [6.07, 6.45) is 4.71. The van der Waals surface area contributed by atoms with Crippen molar-refractivity contribution in [1.29, 1.82) is 0 Å². The maximum atomic E-state index is 14.0. The van der Waals surface area contributed by atoms with Crippen molar-refractivity contribution in [1.82, 2.24) is 14.8 Å². The largest absolute Gasteiger partial charge is 0.475 e. The monoisotopic (exact) mass is 680 g/mol. The number of hydrogen-bond donors (Lipinski definition) is 4. The molecule has 50 heavy (non-hydrogen) atoms. The predicted molar refractivity (Wildman–Crippen MR) is 195 cm³/mol. The van der Waals surface area contributed by atoms with Crippen LogP contribution < -0.4 is 36.4 Å². The lowest BCUT2D eigenvalue weighted by Crippen LogP contribution is -2.62. The molecule has 2 amide bonds. The van der Waals surface area contributed by atoms with Gasteiger partial charge in [-0.2, -0.15) is 0 Å². The van der Waals surface area contributed by atoms with E-state index in [0.29, 0.717) is 67.9 Å². The van der Waals surface area contributed by atoms with Crippen LogP contribution in [-0.4, -0.2) is 110 Å². The summed E-state index contributed by atoms with van der Waals surface area (Å²) < 4.78 is 5.65. The first-order chi connectivity index (χ1) is 24.1. The van der Waals surface area contributed by atoms with Crippen molar-refractivity contribution in [3.8, 4) is 5.88 Å². The SMILES string of the molecule is C[NH+]=CN=C(N)c1ccc(N2CCN(C(=O)CN3CC[C@]4(CCN(c5ccc(N)c(C(=[NH2+])c6ccc(OC(C)C)nc6)c5)C4=O)C3)CC2)cc1. The Morgan fingerprint density at radius 1 is 1.02 bits per heavy atom. The molecule has 1 spiro atoms.